The summed E-state index contributed by atoms with van der Waals surface area (Å²) in [6.45, 7) is 2.43. The first kappa shape index (κ1) is 30.3. The smallest absolute Gasteiger partial charge is 0.323 e. The largest absolute Gasteiger partial charge is 0.494 e. The summed E-state index contributed by atoms with van der Waals surface area (Å²) in [5.74, 6) is -1.41. The minimum atomic E-state index is -1.05. The Morgan fingerprint density at radius 1 is 0.810 bits per heavy atom. The Morgan fingerprint density at radius 2 is 1.43 bits per heavy atom. The van der Waals surface area contributed by atoms with E-state index in [2.05, 4.69) is 0 Å². The average molecular weight is 578 g/mol. The second-order valence-corrected chi connectivity index (χ2v) is 9.91. The molecule has 42 heavy (non-hydrogen) atoms. The van der Waals surface area contributed by atoms with E-state index >= 15 is 4.39 Å². The molecule has 0 saturated carbocycles. The van der Waals surface area contributed by atoms with E-state index in [4.69, 9.17) is 14.6 Å². The molecule has 7 nitrogen and oxygen atoms in total. The lowest BCUT2D eigenvalue weighted by Gasteiger charge is -2.08. The molecule has 0 bridgehead atoms. The first-order valence-corrected chi connectivity index (χ1v) is 13.8. The average Bonchev–Trinajstić information content (AvgIpc) is 3.23. The Morgan fingerprint density at radius 3 is 2.02 bits per heavy atom. The maximum atomic E-state index is 15.1. The summed E-state index contributed by atoms with van der Waals surface area (Å²) in [6.07, 6.45) is 5.84. The van der Waals surface area contributed by atoms with Gasteiger partial charge in [0.15, 0.2) is 0 Å². The Labute approximate surface area is 242 Å². The zero-order chi connectivity index (χ0) is 30.1. The van der Waals surface area contributed by atoms with E-state index in [1.54, 1.807) is 29.7 Å². The van der Waals surface area contributed by atoms with Crippen LogP contribution in [-0.2, 0) is 22.6 Å². The van der Waals surface area contributed by atoms with Gasteiger partial charge < -0.3 is 24.3 Å². The van der Waals surface area contributed by atoms with Crippen molar-refractivity contribution in [2.75, 3.05) is 13.2 Å². The highest BCUT2D eigenvalue weighted by atomic mass is 19.1. The van der Waals surface area contributed by atoms with Crippen LogP contribution in [0.25, 0.3) is 23.1 Å². The number of unbranched alkanes of at least 4 members (excludes halogenated alkanes) is 1. The van der Waals surface area contributed by atoms with Crippen molar-refractivity contribution in [3.05, 3.63) is 94.7 Å². The summed E-state index contributed by atoms with van der Waals surface area (Å²) in [5.41, 5.74) is 3.25. The Kier molecular flexibility index (Phi) is 10.3. The van der Waals surface area contributed by atoms with Crippen molar-refractivity contribution in [2.45, 2.75) is 45.6 Å². The van der Waals surface area contributed by atoms with Crippen LogP contribution in [-0.4, -0.2) is 39.9 Å². The number of aliphatic carboxylic acids is 2. The van der Waals surface area contributed by atoms with Crippen molar-refractivity contribution in [2.24, 2.45) is 0 Å². The first-order valence-electron chi connectivity index (χ1n) is 13.8. The zero-order valence-electron chi connectivity index (χ0n) is 23.3. The second-order valence-electron chi connectivity index (χ2n) is 9.91. The van der Waals surface area contributed by atoms with Crippen LogP contribution in [0.3, 0.4) is 0 Å². The molecule has 0 aliphatic rings. The lowest BCUT2D eigenvalue weighted by atomic mass is 10.0. The van der Waals surface area contributed by atoms with Gasteiger partial charge >= 0.3 is 11.9 Å². The first-order chi connectivity index (χ1) is 20.2. The molecule has 0 atom stereocenters. The zero-order valence-corrected chi connectivity index (χ0v) is 23.3. The summed E-state index contributed by atoms with van der Waals surface area (Å²) in [7, 11) is 0. The molecule has 4 rings (SSSR count). The summed E-state index contributed by atoms with van der Waals surface area (Å²) >= 11 is 0. The molecule has 220 valence electrons. The van der Waals surface area contributed by atoms with Crippen molar-refractivity contribution < 1.29 is 38.1 Å². The fourth-order valence-electron chi connectivity index (χ4n) is 4.84. The van der Waals surface area contributed by atoms with E-state index in [0.29, 0.717) is 65.3 Å². The Balaban J connectivity index is 1.41. The van der Waals surface area contributed by atoms with Crippen molar-refractivity contribution in [3.63, 3.8) is 0 Å². The SMILES string of the molecule is Cc1c(CCCC(=O)O)c2c(F)ccc(/C=C/c3ccc(OCCCCOc4ccc(F)cc4)cc3)c2n1CC(=O)O. The predicted molar refractivity (Wildman–Crippen MR) is 157 cm³/mol. The van der Waals surface area contributed by atoms with E-state index < -0.39 is 17.8 Å². The normalized spacial score (nSPS) is 11.3. The number of hydrogen-bond acceptors (Lipinski definition) is 4. The minimum Gasteiger partial charge on any atom is -0.494 e. The van der Waals surface area contributed by atoms with Crippen molar-refractivity contribution in [3.8, 4) is 11.5 Å². The van der Waals surface area contributed by atoms with E-state index in [-0.39, 0.29) is 18.8 Å². The van der Waals surface area contributed by atoms with Crippen molar-refractivity contribution in [1.82, 2.24) is 4.57 Å². The van der Waals surface area contributed by atoms with Gasteiger partial charge in [-0.25, -0.2) is 8.78 Å². The van der Waals surface area contributed by atoms with Gasteiger partial charge in [0.25, 0.3) is 0 Å². The molecule has 2 N–H and O–H groups in total. The van der Waals surface area contributed by atoms with Crippen LogP contribution in [0, 0.1) is 18.6 Å². The topological polar surface area (TPSA) is 98.0 Å². The lowest BCUT2D eigenvalue weighted by molar-refractivity contribution is -0.138. The molecule has 0 saturated heterocycles. The lowest BCUT2D eigenvalue weighted by Crippen LogP contribution is -2.10. The molecule has 0 amide bonds. The predicted octanol–water partition coefficient (Wildman–Crippen LogP) is 7.13. The van der Waals surface area contributed by atoms with Gasteiger partial charge in [0.1, 0.15) is 29.7 Å². The van der Waals surface area contributed by atoms with E-state index in [1.807, 2.05) is 36.4 Å². The summed E-state index contributed by atoms with van der Waals surface area (Å²) in [6, 6.07) is 16.4. The third kappa shape index (κ3) is 7.96. The number of halogens is 2. The number of ether oxygens (including phenoxy) is 2. The number of rotatable bonds is 15. The molecule has 0 aliphatic heterocycles. The van der Waals surface area contributed by atoms with E-state index in [9.17, 15) is 19.1 Å². The number of fused-ring (bicyclic) bond motifs is 1. The van der Waals surface area contributed by atoms with Gasteiger partial charge in [-0.15, -0.1) is 0 Å². The quantitative estimate of drug-likeness (QED) is 0.115. The molecule has 0 spiro atoms. The van der Waals surface area contributed by atoms with E-state index in [0.717, 1.165) is 18.4 Å². The van der Waals surface area contributed by atoms with Crippen LogP contribution in [0.15, 0.2) is 60.7 Å². The monoisotopic (exact) mass is 577 g/mol. The molecule has 1 heterocycles. The van der Waals surface area contributed by atoms with Gasteiger partial charge in [0.2, 0.25) is 0 Å². The molecule has 0 unspecified atom stereocenters. The second kappa shape index (κ2) is 14.3. The van der Waals surface area contributed by atoms with Crippen LogP contribution in [0.4, 0.5) is 8.78 Å². The van der Waals surface area contributed by atoms with Crippen LogP contribution in [0.2, 0.25) is 0 Å². The molecule has 3 aromatic carbocycles. The molecule has 0 radical (unpaired) electrons. The van der Waals surface area contributed by atoms with Gasteiger partial charge in [-0.1, -0.05) is 24.3 Å². The number of carbonyl (C=O) groups is 2. The van der Waals surface area contributed by atoms with Crippen LogP contribution in [0.5, 0.6) is 11.5 Å². The molecular weight excluding hydrogens is 544 g/mol. The number of nitrogens with zero attached hydrogens (tertiary/aromatic N) is 1. The third-order valence-corrected chi connectivity index (χ3v) is 6.91. The van der Waals surface area contributed by atoms with Crippen LogP contribution >= 0.6 is 0 Å². The number of aromatic nitrogens is 1. The van der Waals surface area contributed by atoms with Gasteiger partial charge in [0.05, 0.1) is 18.7 Å². The Bertz CT molecular complexity index is 1560. The number of hydrogen-bond donors (Lipinski definition) is 2. The minimum absolute atomic E-state index is 0.0576. The molecule has 0 aliphatic carbocycles. The molecule has 0 fully saturated rings. The summed E-state index contributed by atoms with van der Waals surface area (Å²) in [5, 5.41) is 18.9. The number of carboxylic acids is 2. The molecular formula is C33H33F2NO6. The van der Waals surface area contributed by atoms with Crippen LogP contribution in [0.1, 0.15) is 48.1 Å². The highest BCUT2D eigenvalue weighted by Gasteiger charge is 2.21. The fraction of sp³-hybridized carbons (Fsp3) is 0.273. The van der Waals surface area contributed by atoms with Gasteiger partial charge in [0, 0.05) is 17.5 Å². The maximum absolute atomic E-state index is 15.1. The third-order valence-electron chi connectivity index (χ3n) is 6.91. The fourth-order valence-corrected chi connectivity index (χ4v) is 4.84. The maximum Gasteiger partial charge on any atom is 0.323 e. The molecule has 9 heteroatoms. The van der Waals surface area contributed by atoms with Gasteiger partial charge in [-0.2, -0.15) is 0 Å². The summed E-state index contributed by atoms with van der Waals surface area (Å²) < 4.78 is 41.0. The molecule has 4 aromatic rings. The highest BCUT2D eigenvalue weighted by Crippen LogP contribution is 2.33. The van der Waals surface area contributed by atoms with E-state index in [1.165, 1.54) is 18.2 Å². The number of carboxylic acid groups (broad SMARTS) is 2. The van der Waals surface area contributed by atoms with Crippen molar-refractivity contribution in [1.29, 1.82) is 0 Å². The van der Waals surface area contributed by atoms with Gasteiger partial charge in [-0.3, -0.25) is 9.59 Å². The van der Waals surface area contributed by atoms with Gasteiger partial charge in [-0.05, 0) is 97.8 Å². The number of benzene rings is 3. The summed E-state index contributed by atoms with van der Waals surface area (Å²) in [4.78, 5) is 22.6. The molecule has 1 aromatic heterocycles. The number of aryl methyl sites for hydroxylation is 1. The van der Waals surface area contributed by atoms with Crippen LogP contribution < -0.4 is 9.47 Å². The van der Waals surface area contributed by atoms with Crippen molar-refractivity contribution >= 4 is 35.0 Å². The standard InChI is InChI=1S/C33H33F2NO6/c1-22-28(5-4-6-30(37)38)32-29(35)18-11-24(33(32)36(22)21-31(39)40)10-7-23-8-14-26(15-9-23)41-19-2-3-20-42-27-16-12-25(34)13-17-27/h7-18H,2-6,19-21H2,1H3,(H,37,38)(H,39,40)/b10-7+. The highest BCUT2D eigenvalue weighted by molar-refractivity contribution is 5.95. The Hall–Kier alpha value is -4.66.